The predicted octanol–water partition coefficient (Wildman–Crippen LogP) is 2.19. The Morgan fingerprint density at radius 1 is 1.29 bits per heavy atom. The Morgan fingerprint density at radius 3 is 2.93 bits per heavy atom. The number of rotatable bonds is 5. The molecule has 2 amide bonds. The van der Waals surface area contributed by atoms with E-state index in [4.69, 9.17) is 4.74 Å². The fourth-order valence-corrected chi connectivity index (χ4v) is 4.22. The third kappa shape index (κ3) is 3.20. The van der Waals surface area contributed by atoms with Crippen LogP contribution in [0.25, 0.3) is 0 Å². The van der Waals surface area contributed by atoms with Crippen LogP contribution in [0.2, 0.25) is 0 Å². The van der Waals surface area contributed by atoms with Crippen molar-refractivity contribution < 1.29 is 14.3 Å². The number of carbonyl (C=O) groups is 2. The summed E-state index contributed by atoms with van der Waals surface area (Å²) < 4.78 is 6.92. The fraction of sp³-hybridized carbons (Fsp3) is 0.476. The van der Waals surface area contributed by atoms with Crippen molar-refractivity contribution >= 4 is 17.5 Å². The monoisotopic (exact) mass is 382 g/mol. The van der Waals surface area contributed by atoms with E-state index in [1.807, 2.05) is 27.7 Å². The number of aromatic nitrogens is 2. The number of nitrogens with zero attached hydrogens (tertiary/aromatic N) is 3. The molecule has 7 nitrogen and oxygen atoms in total. The molecular formula is C21H26N4O3. The van der Waals surface area contributed by atoms with E-state index in [1.165, 1.54) is 5.56 Å². The molecule has 0 bridgehead atoms. The largest absolute Gasteiger partial charge is 0.383 e. The molecule has 28 heavy (non-hydrogen) atoms. The number of carbonyl (C=O) groups excluding carboxylic acids is 2. The van der Waals surface area contributed by atoms with Crippen molar-refractivity contribution in [2.45, 2.75) is 45.2 Å². The average molecular weight is 382 g/mol. The third-order valence-corrected chi connectivity index (χ3v) is 5.54. The molecule has 1 aromatic carbocycles. The number of para-hydroxylation sites is 1. The average Bonchev–Trinajstić information content (AvgIpc) is 3.25. The van der Waals surface area contributed by atoms with Gasteiger partial charge in [-0.3, -0.25) is 9.59 Å². The summed E-state index contributed by atoms with van der Waals surface area (Å²) in [5.41, 5.74) is 3.42. The zero-order valence-corrected chi connectivity index (χ0v) is 16.4. The van der Waals surface area contributed by atoms with Gasteiger partial charge in [0.1, 0.15) is 0 Å². The van der Waals surface area contributed by atoms with Gasteiger partial charge in [-0.05, 0) is 44.2 Å². The fourth-order valence-electron chi connectivity index (χ4n) is 4.22. The van der Waals surface area contributed by atoms with E-state index in [1.54, 1.807) is 7.11 Å². The summed E-state index contributed by atoms with van der Waals surface area (Å²) in [4.78, 5) is 32.5. The molecule has 0 aliphatic carbocycles. The molecule has 0 fully saturated rings. The lowest BCUT2D eigenvalue weighted by molar-refractivity contribution is 0.0921. The Balaban J connectivity index is 1.68. The quantitative estimate of drug-likeness (QED) is 0.805. The van der Waals surface area contributed by atoms with Gasteiger partial charge in [0, 0.05) is 31.9 Å². The number of imidazole rings is 1. The van der Waals surface area contributed by atoms with Crippen molar-refractivity contribution in [1.29, 1.82) is 0 Å². The maximum absolute atomic E-state index is 13.5. The second-order valence-electron chi connectivity index (χ2n) is 7.45. The lowest BCUT2D eigenvalue weighted by Gasteiger charge is -2.23. The van der Waals surface area contributed by atoms with Crippen molar-refractivity contribution in [1.82, 2.24) is 14.9 Å². The van der Waals surface area contributed by atoms with Gasteiger partial charge >= 0.3 is 0 Å². The molecule has 7 heteroatoms. The van der Waals surface area contributed by atoms with E-state index in [0.717, 1.165) is 43.6 Å². The highest BCUT2D eigenvalue weighted by Gasteiger charge is 2.36. The van der Waals surface area contributed by atoms with Crippen LogP contribution in [-0.4, -0.2) is 47.7 Å². The smallest absolute Gasteiger partial charge is 0.287 e. The maximum atomic E-state index is 13.5. The highest BCUT2D eigenvalue weighted by atomic mass is 16.5. The van der Waals surface area contributed by atoms with Crippen LogP contribution in [0.4, 0.5) is 5.69 Å². The number of hydrogen-bond acceptors (Lipinski definition) is 4. The number of hydrogen-bond donors (Lipinski definition) is 1. The Kier molecular flexibility index (Phi) is 5.17. The van der Waals surface area contributed by atoms with Crippen LogP contribution in [0.5, 0.6) is 0 Å². The lowest BCUT2D eigenvalue weighted by atomic mass is 10.1. The van der Waals surface area contributed by atoms with Gasteiger partial charge in [-0.1, -0.05) is 18.2 Å². The van der Waals surface area contributed by atoms with E-state index in [9.17, 15) is 9.59 Å². The SMILES string of the molecule is COCCNC(=O)c1nc(C(=O)N2c3ccccc3CC2C)c2n1CCCC2. The van der Waals surface area contributed by atoms with Crippen LogP contribution in [0.15, 0.2) is 24.3 Å². The molecule has 2 aliphatic heterocycles. The predicted molar refractivity (Wildman–Crippen MR) is 106 cm³/mol. The van der Waals surface area contributed by atoms with Gasteiger partial charge in [0.25, 0.3) is 11.8 Å². The van der Waals surface area contributed by atoms with Crippen molar-refractivity contribution in [3.8, 4) is 0 Å². The number of fused-ring (bicyclic) bond motifs is 2. The lowest BCUT2D eigenvalue weighted by Crippen LogP contribution is -2.36. The van der Waals surface area contributed by atoms with E-state index in [0.29, 0.717) is 24.7 Å². The van der Waals surface area contributed by atoms with Gasteiger partial charge in [-0.15, -0.1) is 0 Å². The first-order chi connectivity index (χ1) is 13.6. The number of benzene rings is 1. The topological polar surface area (TPSA) is 76.5 Å². The van der Waals surface area contributed by atoms with Crippen LogP contribution >= 0.6 is 0 Å². The molecule has 2 aliphatic rings. The molecule has 0 saturated heterocycles. The van der Waals surface area contributed by atoms with E-state index in [-0.39, 0.29) is 17.9 Å². The molecule has 1 atom stereocenters. The molecule has 4 rings (SSSR count). The number of anilines is 1. The zero-order chi connectivity index (χ0) is 19.7. The molecule has 0 spiro atoms. The molecule has 1 N–H and O–H groups in total. The van der Waals surface area contributed by atoms with Gasteiger partial charge in [0.15, 0.2) is 11.5 Å². The van der Waals surface area contributed by atoms with Crippen LogP contribution in [0, 0.1) is 0 Å². The second-order valence-corrected chi connectivity index (χ2v) is 7.45. The summed E-state index contributed by atoms with van der Waals surface area (Å²) in [6.45, 7) is 3.62. The van der Waals surface area contributed by atoms with Crippen LogP contribution in [0.3, 0.4) is 0 Å². The van der Waals surface area contributed by atoms with E-state index >= 15 is 0 Å². The molecule has 0 saturated carbocycles. The summed E-state index contributed by atoms with van der Waals surface area (Å²) in [7, 11) is 1.59. The Hall–Kier alpha value is -2.67. The van der Waals surface area contributed by atoms with Gasteiger partial charge < -0.3 is 19.5 Å². The summed E-state index contributed by atoms with van der Waals surface area (Å²) in [6.07, 6.45) is 3.59. The first-order valence-corrected chi connectivity index (χ1v) is 9.89. The summed E-state index contributed by atoms with van der Waals surface area (Å²) >= 11 is 0. The Labute approximate surface area is 164 Å². The highest BCUT2D eigenvalue weighted by molar-refractivity contribution is 6.08. The molecule has 148 valence electrons. The minimum Gasteiger partial charge on any atom is -0.383 e. The number of nitrogens with one attached hydrogen (secondary N) is 1. The minimum atomic E-state index is -0.255. The van der Waals surface area contributed by atoms with Gasteiger partial charge in [0.2, 0.25) is 0 Å². The van der Waals surface area contributed by atoms with Crippen LogP contribution in [0.1, 0.15) is 52.1 Å². The van der Waals surface area contributed by atoms with Crippen LogP contribution < -0.4 is 10.2 Å². The molecular weight excluding hydrogens is 356 g/mol. The van der Waals surface area contributed by atoms with Crippen LogP contribution in [-0.2, 0) is 24.1 Å². The van der Waals surface area contributed by atoms with Gasteiger partial charge in [0.05, 0.1) is 12.3 Å². The van der Waals surface area contributed by atoms with E-state index < -0.39 is 0 Å². The first-order valence-electron chi connectivity index (χ1n) is 9.89. The second kappa shape index (κ2) is 7.75. The number of methoxy groups -OCH3 is 1. The Morgan fingerprint density at radius 2 is 2.11 bits per heavy atom. The third-order valence-electron chi connectivity index (χ3n) is 5.54. The van der Waals surface area contributed by atoms with Gasteiger partial charge in [-0.2, -0.15) is 0 Å². The first kappa shape index (κ1) is 18.7. The molecule has 1 aromatic heterocycles. The van der Waals surface area contributed by atoms with E-state index in [2.05, 4.69) is 23.3 Å². The molecule has 0 radical (unpaired) electrons. The molecule has 1 unspecified atom stereocenters. The molecule has 2 aromatic rings. The summed E-state index contributed by atoms with van der Waals surface area (Å²) in [5.74, 6) is -0.0394. The summed E-state index contributed by atoms with van der Waals surface area (Å²) in [6, 6.07) is 8.08. The minimum absolute atomic E-state index is 0.0739. The summed E-state index contributed by atoms with van der Waals surface area (Å²) in [5, 5.41) is 2.82. The normalized spacial score (nSPS) is 17.9. The highest BCUT2D eigenvalue weighted by Crippen LogP contribution is 2.34. The maximum Gasteiger partial charge on any atom is 0.287 e. The van der Waals surface area contributed by atoms with Crippen molar-refractivity contribution in [3.63, 3.8) is 0 Å². The standard InChI is InChI=1S/C21H26N4O3/c1-14-13-15-7-3-4-8-16(15)25(14)21(27)18-17-9-5-6-11-24(17)19(23-18)20(26)22-10-12-28-2/h3-4,7-8,14H,5-6,9-13H2,1-2H3,(H,22,26). The zero-order valence-electron chi connectivity index (χ0n) is 16.4. The van der Waals surface area contributed by atoms with Crippen molar-refractivity contribution in [2.24, 2.45) is 0 Å². The number of amides is 2. The number of ether oxygens (including phenoxy) is 1. The molecule has 3 heterocycles. The van der Waals surface area contributed by atoms with Crippen molar-refractivity contribution in [2.75, 3.05) is 25.2 Å². The van der Waals surface area contributed by atoms with Gasteiger partial charge in [-0.25, -0.2) is 4.98 Å². The van der Waals surface area contributed by atoms with Crippen molar-refractivity contribution in [3.05, 3.63) is 47.0 Å². The Bertz CT molecular complexity index is 905.